The van der Waals surface area contributed by atoms with Crippen LogP contribution in [0, 0.1) is 0 Å². The number of nitrogens with one attached hydrogen (secondary N) is 8. The van der Waals surface area contributed by atoms with Crippen LogP contribution in [0.15, 0.2) is 105 Å². The molecule has 8 N–H and O–H groups in total. The highest BCUT2D eigenvalue weighted by atomic mass is 32.3. The molecule has 8 aromatic rings. The van der Waals surface area contributed by atoms with Crippen LogP contribution in [0.1, 0.15) is 44.3 Å². The Bertz CT molecular complexity index is 3690. The first-order valence-electron chi connectivity index (χ1n) is 21.0. The molecule has 0 radical (unpaired) electrons. The van der Waals surface area contributed by atoms with E-state index in [0.29, 0.717) is 81.5 Å². The third kappa shape index (κ3) is 12.8. The van der Waals surface area contributed by atoms with Crippen molar-refractivity contribution in [1.29, 1.82) is 0 Å². The number of hydrogen-bond donors (Lipinski definition) is 8. The molecule has 8 aliphatic heterocycles. The molecule has 0 saturated carbocycles. The number of sulfonamides is 8. The maximum atomic E-state index is 11.0. The lowest BCUT2D eigenvalue weighted by Gasteiger charge is -1.88. The maximum Gasteiger partial charge on any atom is 0.277 e. The van der Waals surface area contributed by atoms with Crippen LogP contribution in [0.4, 0.5) is 0 Å². The van der Waals surface area contributed by atoms with E-state index in [1.807, 2.05) is 0 Å². The van der Waals surface area contributed by atoms with Crippen LogP contribution in [0.2, 0.25) is 0 Å². The molecule has 0 fully saturated rings. The van der Waals surface area contributed by atoms with Gasteiger partial charge in [-0.15, -0.1) is 0 Å². The summed E-state index contributed by atoms with van der Waals surface area (Å²) >= 11 is 4.59. The van der Waals surface area contributed by atoms with Crippen molar-refractivity contribution >= 4 is 126 Å². The predicted octanol–water partition coefficient (Wildman–Crippen LogP) is -2.39. The van der Waals surface area contributed by atoms with Crippen molar-refractivity contribution in [1.82, 2.24) is 75.9 Å². The molecular weight excluding hydrogens is 1310 g/mol. The van der Waals surface area contributed by atoms with Gasteiger partial charge in [0.15, 0.2) is 15.0 Å². The van der Waals surface area contributed by atoms with Gasteiger partial charge >= 0.3 is 0 Å². The molecule has 36 nitrogen and oxygen atoms in total. The first kappa shape index (κ1) is 59.3. The Morgan fingerprint density at radius 1 is 0.400 bits per heavy atom. The van der Waals surface area contributed by atoms with E-state index >= 15 is 0 Å². The van der Waals surface area contributed by atoms with Gasteiger partial charge in [-0.2, -0.15) is 17.5 Å². The molecule has 0 unspecified atom stereocenters. The molecule has 0 spiro atoms. The van der Waals surface area contributed by atoms with Crippen molar-refractivity contribution in [3.8, 4) is 0 Å². The number of rotatable bonds is 0. The SMILES string of the molecule is O=S1(=O)NCc2cnoc21.O=S1(=O)NCc2cnsc21.O=S1(=O)NCc2conc21.O=S1(=O)NCc2csnc21.O=S1(=O)NCc2nocc21.O=S1(=O)NCc2nscc21.O=S1(=O)NCc2oncc21.O=S1(=O)NCc2sncc21. The van der Waals surface area contributed by atoms with E-state index in [1.54, 1.807) is 17.0 Å². The summed E-state index contributed by atoms with van der Waals surface area (Å²) in [5, 5.41) is 17.0. The lowest BCUT2D eigenvalue weighted by Crippen LogP contribution is -2.14. The molecule has 432 valence electrons. The molecule has 8 aromatic heterocycles. The summed E-state index contributed by atoms with van der Waals surface area (Å²) in [5.74, 6) is 0.389. The summed E-state index contributed by atoms with van der Waals surface area (Å²) in [6.45, 7) is 2.60. The first-order chi connectivity index (χ1) is 37.6. The van der Waals surface area contributed by atoms with Crippen molar-refractivity contribution in [3.05, 3.63) is 92.4 Å². The second-order valence-corrected chi connectivity index (χ2v) is 32.5. The fourth-order valence-corrected chi connectivity index (χ4v) is 19.6. The van der Waals surface area contributed by atoms with Crippen LogP contribution in [0.5, 0.6) is 0 Å². The first-order valence-corrected chi connectivity index (χ1v) is 36.1. The fourth-order valence-electron chi connectivity index (χ4n) is 6.63. The van der Waals surface area contributed by atoms with Crippen LogP contribution in [-0.4, -0.2) is 105 Å². The minimum absolute atomic E-state index is 0.0208. The molecule has 16 heterocycles. The van der Waals surface area contributed by atoms with E-state index in [1.165, 1.54) is 59.5 Å². The van der Waals surface area contributed by atoms with Gasteiger partial charge in [0.1, 0.15) is 37.8 Å². The largest absolute Gasteiger partial charge is 0.363 e. The Morgan fingerprint density at radius 3 is 1.64 bits per heavy atom. The van der Waals surface area contributed by atoms with Crippen molar-refractivity contribution in [3.63, 3.8) is 0 Å². The lowest BCUT2D eigenvalue weighted by molar-refractivity contribution is 0.339. The summed E-state index contributed by atoms with van der Waals surface area (Å²) in [6.07, 6.45) is 8.02. The highest BCUT2D eigenvalue weighted by Crippen LogP contribution is 2.27. The molecule has 0 aliphatic carbocycles. The van der Waals surface area contributed by atoms with Crippen LogP contribution in [-0.2, 0) is 133 Å². The Kier molecular flexibility index (Phi) is 16.9. The zero-order chi connectivity index (χ0) is 57.5. The second-order valence-electron chi connectivity index (χ2n) is 15.6. The van der Waals surface area contributed by atoms with Crippen LogP contribution >= 0.6 is 46.1 Å². The van der Waals surface area contributed by atoms with Crippen LogP contribution in [0.3, 0.4) is 0 Å². The van der Waals surface area contributed by atoms with Gasteiger partial charge in [-0.1, -0.05) is 20.6 Å². The summed E-state index contributed by atoms with van der Waals surface area (Å²) < 4.78 is 227. The lowest BCUT2D eigenvalue weighted by atomic mass is 10.4. The number of hydrogen-bond acceptors (Lipinski definition) is 32. The van der Waals surface area contributed by atoms with Gasteiger partial charge in [0.25, 0.3) is 45.2 Å². The standard InChI is InChI=1S/4C4H4N2O3S.4C4H4N2O2S2/c7-10(8)4-2-5-9-3(4)1-6-10;7-10(8)4-2-9-6-3(4)1-5-10;7-10(8)4-3(1-5-10)2-9-6-4;7-10(8)4-3(2-6-10)1-5-9-4;7-10(8)4-2-5-9-3(4)1-6-10;7-10(8)4-2-9-6-3(4)1-5-10;7-10(8)4-3(1-5-10)2-9-6-4;7-10(8)4-3(2-6-10)1-5-9-4/h2,6H,1H2;2*2,5H,1H2;1,6H,2H2;2,6H,1H2;2*2,5H,1H2;1,6H,2H2. The zero-order valence-corrected chi connectivity index (χ0v) is 48.7. The van der Waals surface area contributed by atoms with Crippen molar-refractivity contribution in [2.75, 3.05) is 0 Å². The molecular formula is C32H32N16O20S12. The summed E-state index contributed by atoms with van der Waals surface area (Å²) in [5.41, 5.74) is 3.86. The van der Waals surface area contributed by atoms with Crippen molar-refractivity contribution in [2.24, 2.45) is 0 Å². The minimum Gasteiger partial charge on any atom is -0.363 e. The average molecular weight is 1350 g/mol. The number of nitrogens with zero attached hydrogens (tertiary/aromatic N) is 8. The molecule has 0 atom stereocenters. The Labute approximate surface area is 467 Å². The quantitative estimate of drug-likeness (QED) is 0.0785. The second kappa shape index (κ2) is 22.8. The van der Waals surface area contributed by atoms with Gasteiger partial charge in [0, 0.05) is 71.9 Å². The van der Waals surface area contributed by atoms with Gasteiger partial charge in [0.05, 0.1) is 48.8 Å². The molecule has 80 heavy (non-hydrogen) atoms. The highest BCUT2D eigenvalue weighted by molar-refractivity contribution is 7.92. The Hall–Kier alpha value is -5.36. The van der Waals surface area contributed by atoms with Gasteiger partial charge in [0.2, 0.25) is 45.1 Å². The van der Waals surface area contributed by atoms with E-state index in [9.17, 15) is 67.3 Å². The predicted molar refractivity (Wildman–Crippen MR) is 267 cm³/mol. The highest BCUT2D eigenvalue weighted by Gasteiger charge is 2.34. The van der Waals surface area contributed by atoms with Gasteiger partial charge < -0.3 is 18.1 Å². The van der Waals surface area contributed by atoms with E-state index in [-0.39, 0.29) is 38.0 Å². The van der Waals surface area contributed by atoms with E-state index in [4.69, 9.17) is 0 Å². The van der Waals surface area contributed by atoms with E-state index in [0.717, 1.165) is 33.8 Å². The smallest absolute Gasteiger partial charge is 0.277 e. The topological polar surface area (TPSA) is 525 Å². The summed E-state index contributed by atoms with van der Waals surface area (Å²) in [4.78, 5) is 1.81. The number of aromatic nitrogens is 8. The normalized spacial score (nSPS) is 20.8. The molecule has 48 heteroatoms. The minimum atomic E-state index is -3.34. The van der Waals surface area contributed by atoms with Gasteiger partial charge in [-0.3, -0.25) is 0 Å². The van der Waals surface area contributed by atoms with E-state index in [2.05, 4.69) is 94.0 Å². The fraction of sp³-hybridized carbons (Fsp3) is 0.250. The Morgan fingerprint density at radius 2 is 0.963 bits per heavy atom. The molecule has 16 rings (SSSR count). The zero-order valence-electron chi connectivity index (χ0n) is 38.9. The van der Waals surface area contributed by atoms with Gasteiger partial charge in [-0.05, 0) is 46.1 Å². The van der Waals surface area contributed by atoms with Crippen molar-refractivity contribution < 1.29 is 85.4 Å². The van der Waals surface area contributed by atoms with Crippen LogP contribution < -0.4 is 37.8 Å². The molecule has 0 saturated heterocycles. The third-order valence-electron chi connectivity index (χ3n) is 10.5. The average Bonchev–Trinajstić information content (AvgIpc) is 4.22. The molecule has 0 aromatic carbocycles. The molecule has 8 aliphatic rings. The van der Waals surface area contributed by atoms with Gasteiger partial charge in [-0.25, -0.2) is 105 Å². The summed E-state index contributed by atoms with van der Waals surface area (Å²) in [6, 6.07) is 0. The monoisotopic (exact) mass is 1340 g/mol. The van der Waals surface area contributed by atoms with Crippen LogP contribution in [0.25, 0.3) is 0 Å². The van der Waals surface area contributed by atoms with Crippen molar-refractivity contribution in [2.45, 2.75) is 91.3 Å². The third-order valence-corrected chi connectivity index (χ3v) is 25.7. The maximum absolute atomic E-state index is 11.0. The van der Waals surface area contributed by atoms with E-state index < -0.39 is 80.2 Å². The molecule has 0 bridgehead atoms. The summed E-state index contributed by atoms with van der Waals surface area (Å²) in [7, 11) is -25.9. The molecule has 0 amide bonds. The Balaban J connectivity index is 0.000000111. The number of fused-ring (bicyclic) bond motifs is 8.